The van der Waals surface area contributed by atoms with Crippen molar-refractivity contribution in [2.75, 3.05) is 6.61 Å². The van der Waals surface area contributed by atoms with Crippen molar-refractivity contribution >= 4 is 11.6 Å². The summed E-state index contributed by atoms with van der Waals surface area (Å²) in [7, 11) is 0. The summed E-state index contributed by atoms with van der Waals surface area (Å²) in [5.41, 5.74) is 0.521. The van der Waals surface area contributed by atoms with Crippen molar-refractivity contribution in [3.05, 3.63) is 70.0 Å². The first-order chi connectivity index (χ1) is 11.0. The third-order valence-electron chi connectivity index (χ3n) is 3.15. The Morgan fingerprint density at radius 2 is 2.00 bits per heavy atom. The highest BCUT2D eigenvalue weighted by Gasteiger charge is 2.17. The van der Waals surface area contributed by atoms with Gasteiger partial charge in [0.1, 0.15) is 5.82 Å². The van der Waals surface area contributed by atoms with Gasteiger partial charge in [-0.15, -0.1) is 0 Å². The highest BCUT2D eigenvalue weighted by molar-refractivity contribution is 5.78. The van der Waals surface area contributed by atoms with Crippen molar-refractivity contribution in [1.29, 1.82) is 0 Å². The van der Waals surface area contributed by atoms with E-state index in [2.05, 4.69) is 5.32 Å². The Labute approximate surface area is 132 Å². The fourth-order valence-corrected chi connectivity index (χ4v) is 2.01. The molecule has 0 aliphatic rings. The van der Waals surface area contributed by atoms with Gasteiger partial charge in [0.05, 0.1) is 11.0 Å². The molecular formula is C16H15FN2O4. The minimum absolute atomic E-state index is 0.241. The van der Waals surface area contributed by atoms with Crippen LogP contribution in [0.5, 0.6) is 5.75 Å². The summed E-state index contributed by atoms with van der Waals surface area (Å²) in [5, 5.41) is 13.5. The van der Waals surface area contributed by atoms with E-state index in [0.717, 1.165) is 23.8 Å². The zero-order valence-electron chi connectivity index (χ0n) is 12.4. The summed E-state index contributed by atoms with van der Waals surface area (Å²) in [4.78, 5) is 22.0. The number of ether oxygens (including phenoxy) is 1. The molecule has 0 saturated carbocycles. The molecule has 1 amide bonds. The average Bonchev–Trinajstić information content (AvgIpc) is 2.53. The van der Waals surface area contributed by atoms with Crippen LogP contribution >= 0.6 is 0 Å². The van der Waals surface area contributed by atoms with Gasteiger partial charge in [0.25, 0.3) is 5.91 Å². The van der Waals surface area contributed by atoms with Gasteiger partial charge in [-0.2, -0.15) is 0 Å². The Balaban J connectivity index is 1.97. The molecule has 2 aromatic carbocycles. The van der Waals surface area contributed by atoms with Gasteiger partial charge < -0.3 is 10.1 Å². The monoisotopic (exact) mass is 318 g/mol. The molecule has 2 rings (SSSR count). The second-order valence-electron chi connectivity index (χ2n) is 4.86. The minimum Gasteiger partial charge on any atom is -0.477 e. The molecule has 120 valence electrons. The molecular weight excluding hydrogens is 303 g/mol. The molecule has 0 bridgehead atoms. The topological polar surface area (TPSA) is 81.5 Å². The highest BCUT2D eigenvalue weighted by atomic mass is 19.1. The highest BCUT2D eigenvalue weighted by Crippen LogP contribution is 2.27. The molecule has 6 nitrogen and oxygen atoms in total. The third kappa shape index (κ3) is 4.50. The van der Waals surface area contributed by atoms with Crippen molar-refractivity contribution in [1.82, 2.24) is 5.32 Å². The number of rotatable bonds is 6. The number of nitrogens with one attached hydrogen (secondary N) is 1. The molecule has 0 heterocycles. The van der Waals surface area contributed by atoms with Crippen molar-refractivity contribution in [2.24, 2.45) is 0 Å². The van der Waals surface area contributed by atoms with Gasteiger partial charge in [-0.25, -0.2) is 4.39 Å². The second kappa shape index (κ2) is 7.35. The number of carbonyl (C=O) groups excluding carboxylic acids is 1. The van der Waals surface area contributed by atoms with E-state index in [1.807, 2.05) is 30.3 Å². The fraction of sp³-hybridized carbons (Fsp3) is 0.188. The van der Waals surface area contributed by atoms with Crippen LogP contribution in [0, 0.1) is 15.9 Å². The van der Waals surface area contributed by atoms with Crippen molar-refractivity contribution in [2.45, 2.75) is 13.0 Å². The van der Waals surface area contributed by atoms with Crippen LogP contribution < -0.4 is 10.1 Å². The summed E-state index contributed by atoms with van der Waals surface area (Å²) < 4.78 is 18.2. The molecule has 0 unspecified atom stereocenters. The smallest absolute Gasteiger partial charge is 0.311 e. The number of nitro benzene ring substituents is 1. The summed E-state index contributed by atoms with van der Waals surface area (Å²) in [6.45, 7) is 1.36. The summed E-state index contributed by atoms with van der Waals surface area (Å²) in [6.07, 6.45) is 0. The standard InChI is InChI=1S/C16H15FN2O4/c1-11(12-5-3-2-4-6-12)18-16(20)10-23-15-9-13(17)7-8-14(15)19(21)22/h2-9,11H,10H2,1H3,(H,18,20)/t11-/m0/s1. The molecule has 1 N–H and O–H groups in total. The molecule has 0 aromatic heterocycles. The minimum atomic E-state index is -0.695. The van der Waals surface area contributed by atoms with Crippen LogP contribution in [0.2, 0.25) is 0 Å². The van der Waals surface area contributed by atoms with Crippen LogP contribution in [0.3, 0.4) is 0 Å². The number of carbonyl (C=O) groups is 1. The maximum Gasteiger partial charge on any atom is 0.311 e. The number of nitro groups is 1. The molecule has 0 saturated heterocycles. The fourth-order valence-electron chi connectivity index (χ4n) is 2.01. The molecule has 1 atom stereocenters. The first-order valence-electron chi connectivity index (χ1n) is 6.88. The SMILES string of the molecule is C[C@H](NC(=O)COc1cc(F)ccc1[N+](=O)[O-])c1ccccc1. The third-order valence-corrected chi connectivity index (χ3v) is 3.15. The lowest BCUT2D eigenvalue weighted by Crippen LogP contribution is -2.31. The number of benzene rings is 2. The van der Waals surface area contributed by atoms with Crippen LogP contribution in [0.25, 0.3) is 0 Å². The van der Waals surface area contributed by atoms with Gasteiger partial charge >= 0.3 is 5.69 Å². The average molecular weight is 318 g/mol. The lowest BCUT2D eigenvalue weighted by molar-refractivity contribution is -0.385. The van der Waals surface area contributed by atoms with Crippen molar-refractivity contribution < 1.29 is 18.8 Å². The van der Waals surface area contributed by atoms with E-state index >= 15 is 0 Å². The predicted molar refractivity (Wildman–Crippen MR) is 81.5 cm³/mol. The van der Waals surface area contributed by atoms with E-state index in [1.54, 1.807) is 6.92 Å². The van der Waals surface area contributed by atoms with Crippen LogP contribution in [0.15, 0.2) is 48.5 Å². The van der Waals surface area contributed by atoms with Crippen molar-refractivity contribution in [3.63, 3.8) is 0 Å². The second-order valence-corrected chi connectivity index (χ2v) is 4.86. The largest absolute Gasteiger partial charge is 0.477 e. The van der Waals surface area contributed by atoms with E-state index in [9.17, 15) is 19.3 Å². The van der Waals surface area contributed by atoms with Crippen LogP contribution in [0.4, 0.5) is 10.1 Å². The number of hydrogen-bond acceptors (Lipinski definition) is 4. The van der Waals surface area contributed by atoms with Gasteiger partial charge in [0, 0.05) is 12.1 Å². The Kier molecular flexibility index (Phi) is 5.24. The molecule has 2 aromatic rings. The van der Waals surface area contributed by atoms with E-state index in [0.29, 0.717) is 0 Å². The number of halogens is 1. The van der Waals surface area contributed by atoms with Gasteiger partial charge in [-0.05, 0) is 18.6 Å². The molecule has 0 radical (unpaired) electrons. The maximum absolute atomic E-state index is 13.2. The maximum atomic E-state index is 13.2. The van der Waals surface area contributed by atoms with Crippen molar-refractivity contribution in [3.8, 4) is 5.75 Å². The van der Waals surface area contributed by atoms with Crippen LogP contribution in [-0.4, -0.2) is 17.4 Å². The summed E-state index contributed by atoms with van der Waals surface area (Å²) in [5.74, 6) is -1.42. The Morgan fingerprint density at radius 3 is 2.65 bits per heavy atom. The first-order valence-corrected chi connectivity index (χ1v) is 6.88. The Morgan fingerprint density at radius 1 is 1.30 bits per heavy atom. The molecule has 7 heteroatoms. The van der Waals surface area contributed by atoms with Gasteiger partial charge in [0.2, 0.25) is 5.75 Å². The number of hydrogen-bond donors (Lipinski definition) is 1. The van der Waals surface area contributed by atoms with E-state index < -0.39 is 28.9 Å². The summed E-state index contributed by atoms with van der Waals surface area (Å²) >= 11 is 0. The first kappa shape index (κ1) is 16.4. The number of amides is 1. The number of nitrogens with zero attached hydrogens (tertiary/aromatic N) is 1. The van der Waals surface area contributed by atoms with Crippen LogP contribution in [-0.2, 0) is 4.79 Å². The quantitative estimate of drug-likeness (QED) is 0.656. The molecule has 23 heavy (non-hydrogen) atoms. The van der Waals surface area contributed by atoms with E-state index in [4.69, 9.17) is 4.74 Å². The lowest BCUT2D eigenvalue weighted by atomic mass is 10.1. The van der Waals surface area contributed by atoms with Gasteiger partial charge in [-0.3, -0.25) is 14.9 Å². The molecule has 0 spiro atoms. The predicted octanol–water partition coefficient (Wildman–Crippen LogP) is 2.99. The van der Waals surface area contributed by atoms with Gasteiger partial charge in [-0.1, -0.05) is 30.3 Å². The van der Waals surface area contributed by atoms with E-state index in [-0.39, 0.29) is 11.8 Å². The zero-order chi connectivity index (χ0) is 16.8. The van der Waals surface area contributed by atoms with Gasteiger partial charge in [0.15, 0.2) is 6.61 Å². The summed E-state index contributed by atoms with van der Waals surface area (Å²) in [6, 6.07) is 11.9. The lowest BCUT2D eigenvalue weighted by Gasteiger charge is -2.14. The zero-order valence-corrected chi connectivity index (χ0v) is 12.4. The van der Waals surface area contributed by atoms with Crippen LogP contribution in [0.1, 0.15) is 18.5 Å². The molecule has 0 aliphatic carbocycles. The molecule has 0 fully saturated rings. The van der Waals surface area contributed by atoms with E-state index in [1.165, 1.54) is 0 Å². The molecule has 0 aliphatic heterocycles. The Hall–Kier alpha value is -2.96. The Bertz CT molecular complexity index is 706. The normalized spacial score (nSPS) is 11.6.